The molecular formula is C60H62Cl2N8O8. The number of ether oxygens (including phenoxy) is 2. The third-order valence-electron chi connectivity index (χ3n) is 14.1. The highest BCUT2D eigenvalue weighted by Gasteiger charge is 2.40. The minimum atomic E-state index is -1.18. The molecule has 2 fully saturated rings. The highest BCUT2D eigenvalue weighted by Crippen LogP contribution is 2.35. The summed E-state index contributed by atoms with van der Waals surface area (Å²) in [7, 11) is 0. The third kappa shape index (κ3) is 13.3. The van der Waals surface area contributed by atoms with Gasteiger partial charge in [0.1, 0.15) is 24.2 Å². The van der Waals surface area contributed by atoms with Crippen LogP contribution in [0.15, 0.2) is 122 Å². The summed E-state index contributed by atoms with van der Waals surface area (Å²) in [5.41, 5.74) is 10.5. The predicted octanol–water partition coefficient (Wildman–Crippen LogP) is 10.6. The zero-order valence-corrected chi connectivity index (χ0v) is 45.4. The Hall–Kier alpha value is -7.82. The average molecular weight is 1090 g/mol. The highest BCUT2D eigenvalue weighted by atomic mass is 35.5. The first-order chi connectivity index (χ1) is 37.6. The number of nitrogens with zero attached hydrogens (tertiary/aromatic N) is 4. The Labute approximate surface area is 463 Å². The Morgan fingerprint density at radius 1 is 0.538 bits per heavy atom. The summed E-state index contributed by atoms with van der Waals surface area (Å²) in [5, 5.41) is 12.1. The SMILES string of the molecule is CC(C)OC(=O)NC(C(=O)N1CCC[C@H]1C(=O)Nc1cccc(-c2cc3ccc2CCc2ccc(c(-c4cccc(NC(=O)[C@@H]5CCCN5C(=O)[C@@H](NC(=O)OC(C)C)c5cncc(Cl)c5)c4)c2)CC3)c1)c1cncc(Cl)c1. The van der Waals surface area contributed by atoms with Crippen LogP contribution in [0.2, 0.25) is 10.0 Å². The van der Waals surface area contributed by atoms with Gasteiger partial charge in [-0.1, -0.05) is 83.9 Å². The zero-order valence-electron chi connectivity index (χ0n) is 43.9. The molecule has 2 aliphatic heterocycles. The minimum absolute atomic E-state index is 0.293. The van der Waals surface area contributed by atoms with Gasteiger partial charge in [0.2, 0.25) is 11.8 Å². The first-order valence-electron chi connectivity index (χ1n) is 26.4. The van der Waals surface area contributed by atoms with Crippen molar-refractivity contribution in [2.75, 3.05) is 23.7 Å². The molecule has 0 spiro atoms. The fourth-order valence-electron chi connectivity index (χ4n) is 10.5. The molecule has 4 N–H and O–H groups in total. The number of rotatable bonds is 14. The number of carbonyl (C=O) groups is 6. The van der Waals surface area contributed by atoms with Gasteiger partial charge in [-0.25, -0.2) is 9.59 Å². The average Bonchev–Trinajstić information content (AvgIpc) is 4.17. The molecule has 4 atom stereocenters. The van der Waals surface area contributed by atoms with Crippen molar-refractivity contribution < 1.29 is 38.2 Å². The summed E-state index contributed by atoms with van der Waals surface area (Å²) in [6.45, 7) is 7.48. The fourth-order valence-corrected chi connectivity index (χ4v) is 10.9. The molecule has 6 aromatic rings. The number of hydrogen-bond acceptors (Lipinski definition) is 10. The van der Waals surface area contributed by atoms with Gasteiger partial charge >= 0.3 is 12.2 Å². The number of carbonyl (C=O) groups excluding carboxylic acids is 6. The smallest absolute Gasteiger partial charge is 0.408 e. The maximum Gasteiger partial charge on any atom is 0.408 e. The van der Waals surface area contributed by atoms with E-state index in [1.54, 1.807) is 39.8 Å². The minimum Gasteiger partial charge on any atom is -0.447 e. The van der Waals surface area contributed by atoms with Crippen LogP contribution in [0, 0.1) is 0 Å². The maximum atomic E-state index is 14.2. The molecule has 4 aromatic carbocycles. The van der Waals surface area contributed by atoms with Crippen LogP contribution in [0.25, 0.3) is 22.3 Å². The Bertz CT molecular complexity index is 3030. The number of likely N-dealkylation sites (tertiary alicyclic amines) is 2. The lowest BCUT2D eigenvalue weighted by atomic mass is 9.87. The van der Waals surface area contributed by atoms with E-state index in [1.807, 2.05) is 48.5 Å². The third-order valence-corrected chi connectivity index (χ3v) is 14.5. The van der Waals surface area contributed by atoms with E-state index in [2.05, 4.69) is 67.6 Å². The van der Waals surface area contributed by atoms with Crippen molar-refractivity contribution >= 4 is 70.4 Å². The predicted molar refractivity (Wildman–Crippen MR) is 299 cm³/mol. The molecule has 4 aliphatic carbocycles. The molecule has 18 heteroatoms. The largest absolute Gasteiger partial charge is 0.447 e. The molecule has 12 rings (SSSR count). The number of aryl methyl sites for hydroxylation is 4. The summed E-state index contributed by atoms with van der Waals surface area (Å²) in [6.07, 6.45) is 8.45. The molecule has 78 heavy (non-hydrogen) atoms. The van der Waals surface area contributed by atoms with Crippen LogP contribution < -0.4 is 21.3 Å². The molecule has 2 saturated heterocycles. The quantitative estimate of drug-likeness (QED) is 0.0813. The van der Waals surface area contributed by atoms with Crippen molar-refractivity contribution in [2.45, 2.75) is 115 Å². The normalized spacial score (nSPS) is 16.7. The number of nitrogens with one attached hydrogen (secondary N) is 4. The molecule has 1 unspecified atom stereocenters. The van der Waals surface area contributed by atoms with Gasteiger partial charge in [0.15, 0.2) is 0 Å². The van der Waals surface area contributed by atoms with Crippen molar-refractivity contribution in [2.24, 2.45) is 0 Å². The lowest BCUT2D eigenvalue weighted by molar-refractivity contribution is -0.138. The van der Waals surface area contributed by atoms with Crippen LogP contribution >= 0.6 is 23.2 Å². The van der Waals surface area contributed by atoms with Gasteiger partial charge in [0, 0.05) is 60.4 Å². The Balaban J connectivity index is 0.881. The number of benzene rings is 4. The molecule has 6 aliphatic rings. The molecule has 0 radical (unpaired) electrons. The molecule has 16 nitrogen and oxygen atoms in total. The van der Waals surface area contributed by atoms with Gasteiger partial charge in [0.25, 0.3) is 11.8 Å². The summed E-state index contributed by atoms with van der Waals surface area (Å²) in [5.74, 6) is -1.60. The second kappa shape index (κ2) is 24.7. The van der Waals surface area contributed by atoms with E-state index in [-0.39, 0.29) is 11.8 Å². The molecule has 2 aromatic heterocycles. The summed E-state index contributed by atoms with van der Waals surface area (Å²) >= 11 is 12.5. The Kier molecular flexibility index (Phi) is 17.4. The van der Waals surface area contributed by atoms with Crippen molar-refractivity contribution in [1.82, 2.24) is 30.4 Å². The number of anilines is 2. The summed E-state index contributed by atoms with van der Waals surface area (Å²) in [4.78, 5) is 93.5. The number of pyridine rings is 2. The van der Waals surface area contributed by atoms with E-state index in [4.69, 9.17) is 32.7 Å². The van der Waals surface area contributed by atoms with Gasteiger partial charge in [-0.3, -0.25) is 29.1 Å². The molecule has 4 heterocycles. The van der Waals surface area contributed by atoms with Crippen LogP contribution in [0.1, 0.15) is 98.8 Å². The van der Waals surface area contributed by atoms with Gasteiger partial charge in [-0.05, 0) is 160 Å². The number of amides is 6. The van der Waals surface area contributed by atoms with E-state index >= 15 is 0 Å². The fraction of sp³-hybridized carbons (Fsp3) is 0.333. The first-order valence-corrected chi connectivity index (χ1v) is 27.1. The van der Waals surface area contributed by atoms with Crippen molar-refractivity contribution in [1.29, 1.82) is 0 Å². The van der Waals surface area contributed by atoms with Crippen LogP contribution in [0.4, 0.5) is 21.0 Å². The standard InChI is InChI=1S/C60H62Cl2N8O8/c1-35(2)77-59(75)67-53(43-27-45(61)33-63-31-43)57(73)69-23-7-13-51(69)55(71)65-47-11-5-9-41(29-47)49-25-37-15-19-39(49)21-17-38-16-20-40(22-18-37)50(26-38)42-10-6-12-48(30-42)66-56(72)52-14-8-24-70(52)58(74)54(68-60(76)78-36(3)4)44-28-46(62)34-64-32-44/h5-6,9-12,15-16,19-20,25-36,51-54H,7-8,13-14,17-18,21-24H2,1-4H3,(H,65,71)(H,66,72)(H,67,75)(H,68,76)/t51-,52-,53-,54?/m0/s1. The number of alkyl carbamates (subject to hydrolysis) is 2. The maximum absolute atomic E-state index is 14.2. The van der Waals surface area contributed by atoms with Gasteiger partial charge in [-0.15, -0.1) is 0 Å². The second-order valence-corrected chi connectivity index (χ2v) is 21.3. The van der Waals surface area contributed by atoms with Crippen LogP contribution in [-0.4, -0.2) is 93.0 Å². The van der Waals surface area contributed by atoms with Gasteiger partial charge in [0.05, 0.1) is 22.3 Å². The molecule has 404 valence electrons. The van der Waals surface area contributed by atoms with Crippen molar-refractivity contribution in [3.05, 3.63) is 165 Å². The zero-order chi connectivity index (χ0) is 55.0. The van der Waals surface area contributed by atoms with Crippen LogP contribution in [0.5, 0.6) is 0 Å². The number of halogens is 2. The lowest BCUT2D eigenvalue weighted by Gasteiger charge is -2.29. The van der Waals surface area contributed by atoms with E-state index in [1.165, 1.54) is 34.6 Å². The molecular weight excluding hydrogens is 1030 g/mol. The number of aromatic nitrogens is 2. The second-order valence-electron chi connectivity index (χ2n) is 20.4. The monoisotopic (exact) mass is 1090 g/mol. The summed E-state index contributed by atoms with van der Waals surface area (Å²) < 4.78 is 10.6. The van der Waals surface area contributed by atoms with Gasteiger partial charge < -0.3 is 40.5 Å². The molecule has 0 saturated carbocycles. The van der Waals surface area contributed by atoms with Crippen molar-refractivity contribution in [3.63, 3.8) is 0 Å². The topological polar surface area (TPSA) is 201 Å². The lowest BCUT2D eigenvalue weighted by Crippen LogP contribution is -2.49. The Morgan fingerprint density at radius 2 is 0.962 bits per heavy atom. The van der Waals surface area contributed by atoms with E-state index < -0.39 is 60.4 Å². The number of hydrogen-bond donors (Lipinski definition) is 4. The van der Waals surface area contributed by atoms with E-state index in [0.29, 0.717) is 71.3 Å². The van der Waals surface area contributed by atoms with E-state index in [0.717, 1.165) is 70.2 Å². The van der Waals surface area contributed by atoms with Gasteiger partial charge in [-0.2, -0.15) is 0 Å². The van der Waals surface area contributed by atoms with Crippen LogP contribution in [-0.2, 0) is 54.3 Å². The summed E-state index contributed by atoms with van der Waals surface area (Å²) in [6, 6.07) is 28.0. The highest BCUT2D eigenvalue weighted by molar-refractivity contribution is 6.30. The van der Waals surface area contributed by atoms with E-state index in [9.17, 15) is 28.8 Å². The Morgan fingerprint density at radius 3 is 1.36 bits per heavy atom. The van der Waals surface area contributed by atoms with Crippen molar-refractivity contribution in [3.8, 4) is 22.3 Å². The molecule has 6 amide bonds. The molecule has 4 bridgehead atoms. The first kappa shape index (κ1) is 55.0. The van der Waals surface area contributed by atoms with Crippen LogP contribution in [0.3, 0.4) is 0 Å².